The molecule has 102 valence electrons. The molecule has 0 spiro atoms. The molecule has 0 aliphatic heterocycles. The van der Waals surface area contributed by atoms with Crippen LogP contribution in [0, 0.1) is 11.8 Å². The number of nitrogens with zero attached hydrogens (tertiary/aromatic N) is 3. The second-order valence-corrected chi connectivity index (χ2v) is 5.61. The Kier molecular flexibility index (Phi) is 4.75. The second-order valence-electron chi connectivity index (χ2n) is 5.61. The molecule has 0 amide bonds. The van der Waals surface area contributed by atoms with E-state index in [1.54, 1.807) is 6.33 Å². The maximum Gasteiger partial charge on any atom is 0.138 e. The first-order valence-corrected chi connectivity index (χ1v) is 7.28. The van der Waals surface area contributed by atoms with E-state index in [4.69, 9.17) is 0 Å². The first-order valence-electron chi connectivity index (χ1n) is 7.28. The standard InChI is InChI=1S/C14H26N4/c1-4-18-14(16-10-17-18)9-13(15-3)12-7-5-11(2)6-8-12/h10-13,15H,4-9H2,1-3H3. The molecule has 1 aromatic rings. The van der Waals surface area contributed by atoms with Crippen molar-refractivity contribution in [2.45, 2.75) is 58.5 Å². The SMILES string of the molecule is CCn1ncnc1CC(NC)C1CCC(C)CC1. The number of aryl methyl sites for hydroxylation is 1. The highest BCUT2D eigenvalue weighted by Gasteiger charge is 2.26. The third kappa shape index (κ3) is 3.10. The van der Waals surface area contributed by atoms with E-state index in [0.717, 1.165) is 30.6 Å². The maximum absolute atomic E-state index is 4.40. The third-order valence-corrected chi connectivity index (χ3v) is 4.40. The topological polar surface area (TPSA) is 42.7 Å². The molecule has 1 aliphatic carbocycles. The molecule has 1 unspecified atom stereocenters. The number of likely N-dealkylation sites (N-methyl/N-ethyl adjacent to an activating group) is 1. The zero-order valence-corrected chi connectivity index (χ0v) is 11.9. The molecule has 4 nitrogen and oxygen atoms in total. The van der Waals surface area contributed by atoms with Crippen LogP contribution in [0.2, 0.25) is 0 Å². The summed E-state index contributed by atoms with van der Waals surface area (Å²) in [7, 11) is 2.08. The molecule has 4 heteroatoms. The quantitative estimate of drug-likeness (QED) is 0.871. The van der Waals surface area contributed by atoms with Crippen molar-refractivity contribution < 1.29 is 0 Å². The predicted octanol–water partition coefficient (Wildman–Crippen LogP) is 2.25. The molecule has 1 N–H and O–H groups in total. The van der Waals surface area contributed by atoms with Gasteiger partial charge in [-0.25, -0.2) is 4.98 Å². The molecule has 0 saturated heterocycles. The Morgan fingerprint density at radius 2 is 2.11 bits per heavy atom. The summed E-state index contributed by atoms with van der Waals surface area (Å²) >= 11 is 0. The highest BCUT2D eigenvalue weighted by atomic mass is 15.3. The summed E-state index contributed by atoms with van der Waals surface area (Å²) in [5.74, 6) is 2.83. The van der Waals surface area contributed by atoms with Crippen LogP contribution in [-0.2, 0) is 13.0 Å². The molecule has 0 aromatic carbocycles. The summed E-state index contributed by atoms with van der Waals surface area (Å²) < 4.78 is 2.01. The maximum atomic E-state index is 4.40. The van der Waals surface area contributed by atoms with Gasteiger partial charge in [0, 0.05) is 19.0 Å². The van der Waals surface area contributed by atoms with Gasteiger partial charge in [-0.15, -0.1) is 0 Å². The summed E-state index contributed by atoms with van der Waals surface area (Å²) in [6.07, 6.45) is 8.14. The summed E-state index contributed by atoms with van der Waals surface area (Å²) in [5, 5.41) is 7.75. The van der Waals surface area contributed by atoms with E-state index < -0.39 is 0 Å². The number of hydrogen-bond donors (Lipinski definition) is 1. The van der Waals surface area contributed by atoms with Crippen LogP contribution in [0.25, 0.3) is 0 Å². The smallest absolute Gasteiger partial charge is 0.138 e. The van der Waals surface area contributed by atoms with Crippen LogP contribution in [-0.4, -0.2) is 27.9 Å². The summed E-state index contributed by atoms with van der Waals surface area (Å²) in [6, 6.07) is 0.548. The van der Waals surface area contributed by atoms with Crippen LogP contribution >= 0.6 is 0 Å². The average Bonchev–Trinajstić information content (AvgIpc) is 2.84. The minimum absolute atomic E-state index is 0.548. The van der Waals surface area contributed by atoms with Gasteiger partial charge in [0.1, 0.15) is 12.2 Å². The zero-order chi connectivity index (χ0) is 13.0. The van der Waals surface area contributed by atoms with Crippen molar-refractivity contribution in [1.82, 2.24) is 20.1 Å². The first-order chi connectivity index (χ1) is 8.74. The summed E-state index contributed by atoms with van der Waals surface area (Å²) in [4.78, 5) is 4.40. The Bertz CT molecular complexity index is 352. The highest BCUT2D eigenvalue weighted by Crippen LogP contribution is 2.31. The van der Waals surface area contributed by atoms with Crippen molar-refractivity contribution in [2.75, 3.05) is 7.05 Å². The molecule has 1 atom stereocenters. The average molecular weight is 250 g/mol. The van der Waals surface area contributed by atoms with Gasteiger partial charge in [-0.05, 0) is 38.6 Å². The largest absolute Gasteiger partial charge is 0.316 e. The highest BCUT2D eigenvalue weighted by molar-refractivity contribution is 4.92. The molecule has 18 heavy (non-hydrogen) atoms. The van der Waals surface area contributed by atoms with Crippen LogP contribution in [0.1, 0.15) is 45.4 Å². The van der Waals surface area contributed by atoms with Crippen molar-refractivity contribution in [1.29, 1.82) is 0 Å². The van der Waals surface area contributed by atoms with Crippen molar-refractivity contribution in [3.05, 3.63) is 12.2 Å². The van der Waals surface area contributed by atoms with E-state index in [-0.39, 0.29) is 0 Å². The third-order valence-electron chi connectivity index (χ3n) is 4.40. The Morgan fingerprint density at radius 3 is 2.72 bits per heavy atom. The van der Waals surface area contributed by atoms with Crippen LogP contribution in [0.3, 0.4) is 0 Å². The van der Waals surface area contributed by atoms with Crippen molar-refractivity contribution >= 4 is 0 Å². The van der Waals surface area contributed by atoms with Crippen LogP contribution in [0.15, 0.2) is 6.33 Å². The minimum atomic E-state index is 0.548. The van der Waals surface area contributed by atoms with E-state index in [1.165, 1.54) is 25.7 Å². The lowest BCUT2D eigenvalue weighted by atomic mass is 9.78. The van der Waals surface area contributed by atoms with Crippen LogP contribution < -0.4 is 5.32 Å². The molecule has 2 rings (SSSR count). The van der Waals surface area contributed by atoms with E-state index in [2.05, 4.69) is 36.3 Å². The van der Waals surface area contributed by atoms with Crippen molar-refractivity contribution in [2.24, 2.45) is 11.8 Å². The predicted molar refractivity (Wildman–Crippen MR) is 73.4 cm³/mol. The van der Waals surface area contributed by atoms with E-state index in [0.29, 0.717) is 6.04 Å². The molecule has 0 radical (unpaired) electrons. The molecule has 1 aliphatic rings. The molecular formula is C14H26N4. The van der Waals surface area contributed by atoms with Gasteiger partial charge >= 0.3 is 0 Å². The molecule has 1 heterocycles. The van der Waals surface area contributed by atoms with E-state index in [9.17, 15) is 0 Å². The van der Waals surface area contributed by atoms with Crippen molar-refractivity contribution in [3.8, 4) is 0 Å². The lowest BCUT2D eigenvalue weighted by molar-refractivity contribution is 0.232. The van der Waals surface area contributed by atoms with Gasteiger partial charge in [0.25, 0.3) is 0 Å². The molecule has 1 aromatic heterocycles. The van der Waals surface area contributed by atoms with Gasteiger partial charge in [0.15, 0.2) is 0 Å². The fourth-order valence-corrected chi connectivity index (χ4v) is 3.10. The minimum Gasteiger partial charge on any atom is -0.316 e. The normalized spacial score (nSPS) is 26.2. The molecule has 1 saturated carbocycles. The van der Waals surface area contributed by atoms with E-state index >= 15 is 0 Å². The number of nitrogens with one attached hydrogen (secondary N) is 1. The van der Waals surface area contributed by atoms with Gasteiger partial charge in [0.2, 0.25) is 0 Å². The van der Waals surface area contributed by atoms with Gasteiger partial charge in [-0.1, -0.05) is 19.8 Å². The van der Waals surface area contributed by atoms with Crippen molar-refractivity contribution in [3.63, 3.8) is 0 Å². The van der Waals surface area contributed by atoms with Gasteiger partial charge in [0.05, 0.1) is 0 Å². The Morgan fingerprint density at radius 1 is 1.39 bits per heavy atom. The van der Waals surface area contributed by atoms with Crippen LogP contribution in [0.4, 0.5) is 0 Å². The number of hydrogen-bond acceptors (Lipinski definition) is 3. The Balaban J connectivity index is 1.97. The fraction of sp³-hybridized carbons (Fsp3) is 0.857. The summed E-state index contributed by atoms with van der Waals surface area (Å²) in [6.45, 7) is 5.40. The van der Waals surface area contributed by atoms with Crippen LogP contribution in [0.5, 0.6) is 0 Å². The first kappa shape index (κ1) is 13.5. The monoisotopic (exact) mass is 250 g/mol. The number of rotatable bonds is 5. The van der Waals surface area contributed by atoms with Gasteiger partial charge in [-0.3, -0.25) is 4.68 Å². The lowest BCUT2D eigenvalue weighted by Gasteiger charge is -2.32. The van der Waals surface area contributed by atoms with Gasteiger partial charge < -0.3 is 5.32 Å². The second kappa shape index (κ2) is 6.32. The summed E-state index contributed by atoms with van der Waals surface area (Å²) in [5.41, 5.74) is 0. The fourth-order valence-electron chi connectivity index (χ4n) is 3.10. The molecular weight excluding hydrogens is 224 g/mol. The van der Waals surface area contributed by atoms with E-state index in [1.807, 2.05) is 4.68 Å². The lowest BCUT2D eigenvalue weighted by Crippen LogP contribution is -2.38. The van der Waals surface area contributed by atoms with Gasteiger partial charge in [-0.2, -0.15) is 5.10 Å². The Labute approximate surface area is 110 Å². The molecule has 0 bridgehead atoms. The molecule has 1 fully saturated rings. The Hall–Kier alpha value is -0.900. The zero-order valence-electron chi connectivity index (χ0n) is 11.9. The number of aromatic nitrogens is 3.